The lowest BCUT2D eigenvalue weighted by molar-refractivity contribution is 0.0342. The van der Waals surface area contributed by atoms with Crippen molar-refractivity contribution in [2.24, 2.45) is 59.2 Å². The average molecular weight is 242 g/mol. The summed E-state index contributed by atoms with van der Waals surface area (Å²) in [5.41, 5.74) is 0. The standard InChI is InChI=1S/C17H22O/c1-2-7-3-6(1)12-8-4-9(13(7)12)15-11-5-10(14(8)15)16-17(11)18-16/h6-17H,1-5H2. The lowest BCUT2D eigenvalue weighted by Gasteiger charge is -2.44. The summed E-state index contributed by atoms with van der Waals surface area (Å²) in [4.78, 5) is 0. The van der Waals surface area contributed by atoms with Gasteiger partial charge in [-0.3, -0.25) is 0 Å². The van der Waals surface area contributed by atoms with Crippen LogP contribution in [0, 0.1) is 59.2 Å². The van der Waals surface area contributed by atoms with Gasteiger partial charge in [-0.25, -0.2) is 0 Å². The number of rotatable bonds is 0. The average Bonchev–Trinajstić information content (AvgIpc) is 2.96. The number of epoxide rings is 1. The Balaban J connectivity index is 1.38. The minimum atomic E-state index is 0.757. The Morgan fingerprint density at radius 2 is 1.11 bits per heavy atom. The molecule has 0 aromatic carbocycles. The first-order valence-electron chi connectivity index (χ1n) is 8.57. The molecule has 0 radical (unpaired) electrons. The Morgan fingerprint density at radius 1 is 0.556 bits per heavy atom. The van der Waals surface area contributed by atoms with Gasteiger partial charge in [0.1, 0.15) is 0 Å². The van der Waals surface area contributed by atoms with Gasteiger partial charge >= 0.3 is 0 Å². The fraction of sp³-hybridized carbons (Fsp3) is 1.00. The van der Waals surface area contributed by atoms with Gasteiger partial charge < -0.3 is 4.74 Å². The van der Waals surface area contributed by atoms with E-state index < -0.39 is 0 Å². The van der Waals surface area contributed by atoms with Crippen molar-refractivity contribution in [1.29, 1.82) is 0 Å². The van der Waals surface area contributed by atoms with E-state index in [9.17, 15) is 0 Å². The molecule has 18 heavy (non-hydrogen) atoms. The second-order valence-corrected chi connectivity index (χ2v) is 8.83. The lowest BCUT2D eigenvalue weighted by atomic mass is 9.60. The molecule has 6 saturated carbocycles. The molecular formula is C17H22O. The van der Waals surface area contributed by atoms with Gasteiger partial charge in [-0.05, 0) is 91.3 Å². The van der Waals surface area contributed by atoms with Crippen molar-refractivity contribution in [2.75, 3.05) is 0 Å². The molecule has 1 heterocycles. The molecule has 1 nitrogen and oxygen atoms in total. The van der Waals surface area contributed by atoms with Crippen molar-refractivity contribution in [2.45, 2.75) is 44.3 Å². The summed E-state index contributed by atoms with van der Waals surface area (Å²) in [5, 5.41) is 0. The van der Waals surface area contributed by atoms with Crippen molar-refractivity contribution in [3.05, 3.63) is 0 Å². The van der Waals surface area contributed by atoms with Crippen LogP contribution in [0.4, 0.5) is 0 Å². The third-order valence-corrected chi connectivity index (χ3v) is 8.95. The minimum absolute atomic E-state index is 0.757. The first-order valence-corrected chi connectivity index (χ1v) is 8.57. The van der Waals surface area contributed by atoms with Crippen LogP contribution in [0.1, 0.15) is 32.1 Å². The molecule has 0 N–H and O–H groups in total. The Labute approximate surface area is 109 Å². The molecule has 6 bridgehead atoms. The first-order chi connectivity index (χ1) is 8.92. The smallest absolute Gasteiger partial charge is 0.0875 e. The topological polar surface area (TPSA) is 12.5 Å². The fourth-order valence-electron chi connectivity index (χ4n) is 9.04. The third-order valence-electron chi connectivity index (χ3n) is 8.95. The monoisotopic (exact) mass is 242 g/mol. The molecule has 0 amide bonds. The highest BCUT2D eigenvalue weighted by atomic mass is 16.6. The van der Waals surface area contributed by atoms with E-state index in [-0.39, 0.29) is 0 Å². The molecular weight excluding hydrogens is 220 g/mol. The van der Waals surface area contributed by atoms with E-state index in [1.54, 1.807) is 32.1 Å². The molecule has 96 valence electrons. The summed E-state index contributed by atoms with van der Waals surface area (Å²) >= 11 is 0. The summed E-state index contributed by atoms with van der Waals surface area (Å²) in [5.74, 6) is 11.4. The summed E-state index contributed by atoms with van der Waals surface area (Å²) in [6.45, 7) is 0. The molecule has 7 aliphatic rings. The summed E-state index contributed by atoms with van der Waals surface area (Å²) in [6, 6.07) is 0. The van der Waals surface area contributed by atoms with Crippen molar-refractivity contribution >= 4 is 0 Å². The molecule has 7 fully saturated rings. The van der Waals surface area contributed by atoms with E-state index in [0.29, 0.717) is 0 Å². The largest absolute Gasteiger partial charge is 0.369 e. The van der Waals surface area contributed by atoms with Crippen LogP contribution in [0.5, 0.6) is 0 Å². The fourth-order valence-corrected chi connectivity index (χ4v) is 9.04. The summed E-state index contributed by atoms with van der Waals surface area (Å²) < 4.78 is 5.99. The van der Waals surface area contributed by atoms with Crippen LogP contribution in [0.2, 0.25) is 0 Å². The maximum atomic E-state index is 5.99. The summed E-state index contributed by atoms with van der Waals surface area (Å²) in [7, 11) is 0. The minimum Gasteiger partial charge on any atom is -0.369 e. The Morgan fingerprint density at radius 3 is 1.72 bits per heavy atom. The molecule has 12 unspecified atom stereocenters. The van der Waals surface area contributed by atoms with E-state index in [2.05, 4.69) is 0 Å². The van der Waals surface area contributed by atoms with E-state index in [4.69, 9.17) is 4.74 Å². The second-order valence-electron chi connectivity index (χ2n) is 8.83. The van der Waals surface area contributed by atoms with Crippen LogP contribution < -0.4 is 0 Å². The van der Waals surface area contributed by atoms with E-state index in [1.165, 1.54) is 35.5 Å². The van der Waals surface area contributed by atoms with Gasteiger partial charge in [0, 0.05) is 0 Å². The number of hydrogen-bond donors (Lipinski definition) is 0. The van der Waals surface area contributed by atoms with Crippen LogP contribution in [0.25, 0.3) is 0 Å². The van der Waals surface area contributed by atoms with Crippen LogP contribution in [-0.4, -0.2) is 12.2 Å². The van der Waals surface area contributed by atoms with Crippen LogP contribution >= 0.6 is 0 Å². The predicted octanol–water partition coefficient (Wildman–Crippen LogP) is 2.95. The van der Waals surface area contributed by atoms with Gasteiger partial charge in [0.05, 0.1) is 12.2 Å². The van der Waals surface area contributed by atoms with E-state index in [1.807, 2.05) is 0 Å². The molecule has 1 saturated heterocycles. The molecule has 0 aromatic rings. The molecule has 0 spiro atoms. The van der Waals surface area contributed by atoms with Crippen molar-refractivity contribution < 1.29 is 4.74 Å². The molecule has 6 aliphatic carbocycles. The van der Waals surface area contributed by atoms with Crippen molar-refractivity contribution in [3.8, 4) is 0 Å². The summed E-state index contributed by atoms with van der Waals surface area (Å²) in [6.07, 6.45) is 9.59. The number of hydrogen-bond acceptors (Lipinski definition) is 1. The number of ether oxygens (including phenoxy) is 1. The zero-order valence-corrected chi connectivity index (χ0v) is 10.9. The highest BCUT2D eigenvalue weighted by Gasteiger charge is 2.76. The zero-order valence-electron chi connectivity index (χ0n) is 10.9. The van der Waals surface area contributed by atoms with Crippen molar-refractivity contribution in [3.63, 3.8) is 0 Å². The quantitative estimate of drug-likeness (QED) is 0.470. The predicted molar refractivity (Wildman–Crippen MR) is 66.6 cm³/mol. The Hall–Kier alpha value is -0.0400. The van der Waals surface area contributed by atoms with Gasteiger partial charge in [-0.1, -0.05) is 0 Å². The SMILES string of the molecule is C1CC2CC1C1C3CC(C21)C1C2CC(C4OC24)C31. The van der Waals surface area contributed by atoms with Crippen LogP contribution in [0.15, 0.2) is 0 Å². The highest BCUT2D eigenvalue weighted by Crippen LogP contribution is 2.78. The van der Waals surface area contributed by atoms with Gasteiger partial charge in [-0.15, -0.1) is 0 Å². The lowest BCUT2D eigenvalue weighted by Crippen LogP contribution is -2.42. The number of fused-ring (bicyclic) bond motifs is 19. The molecule has 1 aliphatic heterocycles. The van der Waals surface area contributed by atoms with Gasteiger partial charge in [-0.2, -0.15) is 0 Å². The third kappa shape index (κ3) is 0.709. The maximum absolute atomic E-state index is 5.99. The van der Waals surface area contributed by atoms with Crippen LogP contribution in [-0.2, 0) is 4.74 Å². The van der Waals surface area contributed by atoms with E-state index in [0.717, 1.165) is 35.9 Å². The van der Waals surface area contributed by atoms with Gasteiger partial charge in [0.25, 0.3) is 0 Å². The van der Waals surface area contributed by atoms with Crippen molar-refractivity contribution in [1.82, 2.24) is 0 Å². The normalized spacial score (nSPS) is 80.0. The second kappa shape index (κ2) is 2.45. The van der Waals surface area contributed by atoms with Gasteiger partial charge in [0.15, 0.2) is 0 Å². The molecule has 1 heteroatoms. The molecule has 7 rings (SSSR count). The van der Waals surface area contributed by atoms with E-state index >= 15 is 0 Å². The van der Waals surface area contributed by atoms with Gasteiger partial charge in [0.2, 0.25) is 0 Å². The first kappa shape index (κ1) is 9.00. The molecule has 12 atom stereocenters. The Bertz CT molecular complexity index is 421. The van der Waals surface area contributed by atoms with Crippen LogP contribution in [0.3, 0.4) is 0 Å². The highest BCUT2D eigenvalue weighted by molar-refractivity contribution is 5.24. The zero-order chi connectivity index (χ0) is 11.2. The molecule has 0 aromatic heterocycles. The Kier molecular flexibility index (Phi) is 1.23. The maximum Gasteiger partial charge on any atom is 0.0875 e.